The van der Waals surface area contributed by atoms with Crippen LogP contribution in [0.15, 0.2) is 65.6 Å². The minimum atomic E-state index is -4.66. The molecule has 0 saturated heterocycles. The van der Waals surface area contributed by atoms with E-state index in [1.54, 1.807) is 36.4 Å². The Kier molecular flexibility index (Phi) is 5.51. The molecule has 3 aromatic carbocycles. The second-order valence-corrected chi connectivity index (χ2v) is 8.79. The number of primary sulfonamides is 1. The van der Waals surface area contributed by atoms with E-state index in [9.17, 15) is 26.0 Å². The Bertz CT molecular complexity index is 1410. The summed E-state index contributed by atoms with van der Waals surface area (Å²) in [6.07, 6.45) is -4.47. The van der Waals surface area contributed by atoms with Gasteiger partial charge in [-0.1, -0.05) is 30.3 Å². The van der Waals surface area contributed by atoms with Crippen molar-refractivity contribution in [2.24, 2.45) is 5.14 Å². The van der Waals surface area contributed by atoms with E-state index in [2.05, 4.69) is 9.97 Å². The fourth-order valence-electron chi connectivity index (χ4n) is 3.58. The van der Waals surface area contributed by atoms with Gasteiger partial charge in [0.1, 0.15) is 11.6 Å². The van der Waals surface area contributed by atoms with Crippen molar-refractivity contribution < 1.29 is 26.0 Å². The highest BCUT2D eigenvalue weighted by Gasteiger charge is 2.33. The Morgan fingerprint density at radius 1 is 0.969 bits per heavy atom. The smallest absolute Gasteiger partial charge is 0.342 e. The lowest BCUT2D eigenvalue weighted by molar-refractivity contribution is -0.138. The van der Waals surface area contributed by atoms with Crippen LogP contribution in [0.3, 0.4) is 0 Å². The number of fused-ring (bicyclic) bond motifs is 1. The van der Waals surface area contributed by atoms with Crippen LogP contribution in [0.5, 0.6) is 0 Å². The molecule has 10 heteroatoms. The van der Waals surface area contributed by atoms with Gasteiger partial charge in [0.2, 0.25) is 10.0 Å². The third kappa shape index (κ3) is 4.51. The van der Waals surface area contributed by atoms with Gasteiger partial charge in [0.25, 0.3) is 0 Å². The molecule has 0 aliphatic rings. The number of benzene rings is 3. The van der Waals surface area contributed by atoms with Gasteiger partial charge in [-0.25, -0.2) is 22.9 Å². The van der Waals surface area contributed by atoms with Crippen molar-refractivity contribution in [3.8, 4) is 11.1 Å². The molecule has 0 unspecified atom stereocenters. The first kappa shape index (κ1) is 22.0. The van der Waals surface area contributed by atoms with Crippen LogP contribution in [-0.4, -0.2) is 18.4 Å². The van der Waals surface area contributed by atoms with Crippen LogP contribution >= 0.6 is 0 Å². The van der Waals surface area contributed by atoms with Crippen LogP contribution in [0.25, 0.3) is 22.2 Å². The maximum atomic E-state index is 13.3. The number of alkyl halides is 3. The minimum Gasteiger partial charge on any atom is -0.342 e. The Morgan fingerprint density at radius 2 is 1.72 bits per heavy atom. The Hall–Kier alpha value is -3.24. The highest BCUT2D eigenvalue weighted by molar-refractivity contribution is 7.89. The third-order valence-corrected chi connectivity index (χ3v) is 6.01. The number of H-pyrrole nitrogens is 1. The van der Waals surface area contributed by atoms with Gasteiger partial charge in [-0.2, -0.15) is 13.2 Å². The molecule has 0 radical (unpaired) electrons. The first-order chi connectivity index (χ1) is 15.0. The number of imidazole rings is 1. The number of sulfonamides is 1. The Balaban J connectivity index is 1.64. The highest BCUT2D eigenvalue weighted by atomic mass is 32.2. The molecule has 5 nitrogen and oxygen atoms in total. The van der Waals surface area contributed by atoms with E-state index >= 15 is 0 Å². The van der Waals surface area contributed by atoms with Crippen molar-refractivity contribution in [3.05, 3.63) is 83.4 Å². The summed E-state index contributed by atoms with van der Waals surface area (Å²) in [7, 11) is -3.94. The summed E-state index contributed by atoms with van der Waals surface area (Å²) in [6, 6.07) is 14.0. The van der Waals surface area contributed by atoms with Gasteiger partial charge in [-0.15, -0.1) is 0 Å². The summed E-state index contributed by atoms with van der Waals surface area (Å²) in [5, 5.41) is 5.31. The predicted octanol–water partition coefficient (Wildman–Crippen LogP) is 4.82. The maximum Gasteiger partial charge on any atom is 0.416 e. The average molecular weight is 463 g/mol. The molecule has 3 N–H and O–H groups in total. The van der Waals surface area contributed by atoms with Crippen molar-refractivity contribution in [1.82, 2.24) is 9.97 Å². The van der Waals surface area contributed by atoms with Crippen LogP contribution < -0.4 is 5.14 Å². The lowest BCUT2D eigenvalue weighted by Gasteiger charge is -2.12. The van der Waals surface area contributed by atoms with E-state index in [0.29, 0.717) is 34.1 Å². The normalized spacial score (nSPS) is 12.4. The van der Waals surface area contributed by atoms with Crippen LogP contribution in [0.4, 0.5) is 17.6 Å². The molecule has 1 aromatic heterocycles. The molecule has 4 aromatic rings. The number of nitrogens with one attached hydrogen (secondary N) is 1. The van der Waals surface area contributed by atoms with Crippen molar-refractivity contribution in [3.63, 3.8) is 0 Å². The number of nitrogens with two attached hydrogens (primary N) is 1. The second-order valence-electron chi connectivity index (χ2n) is 7.26. The molecule has 0 saturated carbocycles. The standard InChI is InChI=1S/C22H17F4N3O2S/c23-15-8-5-13(17(12-15)22(24,25)26)7-10-21-28-18-9-6-14(11-19(18)29-21)16-3-1-2-4-20(16)32(27,30)31/h1-6,8-9,11-12H,7,10H2,(H,28,29)(H2,27,30,31). The number of rotatable bonds is 5. The van der Waals surface area contributed by atoms with Gasteiger partial charge in [0.15, 0.2) is 0 Å². The summed E-state index contributed by atoms with van der Waals surface area (Å²) >= 11 is 0. The molecule has 0 atom stereocenters. The average Bonchev–Trinajstić information content (AvgIpc) is 3.13. The highest BCUT2D eigenvalue weighted by Crippen LogP contribution is 2.33. The van der Waals surface area contributed by atoms with Crippen molar-refractivity contribution in [1.29, 1.82) is 0 Å². The number of halogens is 4. The summed E-state index contributed by atoms with van der Waals surface area (Å²) in [4.78, 5) is 7.45. The zero-order valence-electron chi connectivity index (χ0n) is 16.4. The largest absolute Gasteiger partial charge is 0.416 e. The monoisotopic (exact) mass is 463 g/mol. The zero-order valence-corrected chi connectivity index (χ0v) is 17.3. The molecular weight excluding hydrogens is 446 g/mol. The molecular formula is C22H17F4N3O2S. The minimum absolute atomic E-state index is 0.00997. The van der Waals surface area contributed by atoms with Crippen molar-refractivity contribution in [2.75, 3.05) is 0 Å². The van der Waals surface area contributed by atoms with E-state index in [1.165, 1.54) is 6.07 Å². The van der Waals surface area contributed by atoms with Gasteiger partial charge in [0.05, 0.1) is 21.5 Å². The summed E-state index contributed by atoms with van der Waals surface area (Å²) < 4.78 is 76.7. The summed E-state index contributed by atoms with van der Waals surface area (Å²) in [5.74, 6) is -0.494. The molecule has 4 rings (SSSR count). The molecule has 0 spiro atoms. The van der Waals surface area contributed by atoms with Crippen LogP contribution in [0, 0.1) is 5.82 Å². The van der Waals surface area contributed by atoms with Crippen molar-refractivity contribution >= 4 is 21.1 Å². The Labute approximate surface area is 181 Å². The van der Waals surface area contributed by atoms with E-state index in [0.717, 1.165) is 12.1 Å². The van der Waals surface area contributed by atoms with Crippen LogP contribution in [-0.2, 0) is 29.0 Å². The topological polar surface area (TPSA) is 88.8 Å². The summed E-state index contributed by atoms with van der Waals surface area (Å²) in [5.41, 5.74) is 1.14. The van der Waals surface area contributed by atoms with Gasteiger partial charge < -0.3 is 4.98 Å². The maximum absolute atomic E-state index is 13.3. The van der Waals surface area contributed by atoms with Gasteiger partial charge in [0, 0.05) is 12.0 Å². The number of aromatic amines is 1. The number of hydrogen-bond acceptors (Lipinski definition) is 3. The second kappa shape index (κ2) is 8.03. The number of hydrogen-bond donors (Lipinski definition) is 2. The number of aromatic nitrogens is 2. The summed E-state index contributed by atoms with van der Waals surface area (Å²) in [6.45, 7) is 0. The first-order valence-electron chi connectivity index (χ1n) is 9.49. The molecule has 0 aliphatic heterocycles. The molecule has 0 fully saturated rings. The van der Waals surface area contributed by atoms with Gasteiger partial charge >= 0.3 is 6.18 Å². The van der Waals surface area contributed by atoms with Crippen LogP contribution in [0.2, 0.25) is 0 Å². The fourth-order valence-corrected chi connectivity index (χ4v) is 4.34. The molecule has 32 heavy (non-hydrogen) atoms. The molecule has 0 aliphatic carbocycles. The zero-order chi connectivity index (χ0) is 23.1. The quantitative estimate of drug-likeness (QED) is 0.416. The Morgan fingerprint density at radius 3 is 2.44 bits per heavy atom. The molecule has 1 heterocycles. The van der Waals surface area contributed by atoms with Gasteiger partial charge in [-0.3, -0.25) is 0 Å². The number of nitrogens with zero attached hydrogens (tertiary/aromatic N) is 1. The third-order valence-electron chi connectivity index (χ3n) is 5.05. The van der Waals surface area contributed by atoms with E-state index in [-0.39, 0.29) is 23.3 Å². The first-order valence-corrected chi connectivity index (χ1v) is 11.0. The van der Waals surface area contributed by atoms with Crippen molar-refractivity contribution in [2.45, 2.75) is 23.9 Å². The molecule has 0 bridgehead atoms. The fraction of sp³-hybridized carbons (Fsp3) is 0.136. The van der Waals surface area contributed by atoms with E-state index < -0.39 is 27.6 Å². The predicted molar refractivity (Wildman–Crippen MR) is 112 cm³/mol. The SMILES string of the molecule is NS(=O)(=O)c1ccccc1-c1ccc2[nH]c(CCc3ccc(F)cc3C(F)(F)F)nc2c1. The van der Waals surface area contributed by atoms with Gasteiger partial charge in [-0.05, 0) is 47.9 Å². The van der Waals surface area contributed by atoms with E-state index in [4.69, 9.17) is 5.14 Å². The van der Waals surface area contributed by atoms with Crippen LogP contribution in [0.1, 0.15) is 17.0 Å². The lowest BCUT2D eigenvalue weighted by atomic mass is 10.0. The lowest BCUT2D eigenvalue weighted by Crippen LogP contribution is -2.13. The molecule has 166 valence electrons. The molecule has 0 amide bonds. The van der Waals surface area contributed by atoms with E-state index in [1.807, 2.05) is 0 Å². The number of aryl methyl sites for hydroxylation is 2.